The van der Waals surface area contributed by atoms with Crippen molar-refractivity contribution in [3.05, 3.63) is 0 Å². The molecule has 0 unspecified atom stereocenters. The molecule has 2 aliphatic rings. The van der Waals surface area contributed by atoms with Gasteiger partial charge < -0.3 is 10.1 Å². The molecule has 2 heterocycles. The van der Waals surface area contributed by atoms with Crippen molar-refractivity contribution in [2.24, 2.45) is 0 Å². The molecule has 0 atom stereocenters. The lowest BCUT2D eigenvalue weighted by molar-refractivity contribution is 0.0349. The van der Waals surface area contributed by atoms with E-state index in [9.17, 15) is 8.42 Å². The van der Waals surface area contributed by atoms with Gasteiger partial charge in [0.05, 0.1) is 19.0 Å². The highest BCUT2D eigenvalue weighted by Gasteiger charge is 2.30. The van der Waals surface area contributed by atoms with E-state index in [-0.39, 0.29) is 11.8 Å². The summed E-state index contributed by atoms with van der Waals surface area (Å²) in [7, 11) is -3.13. The first kappa shape index (κ1) is 17.1. The normalized spacial score (nSPS) is 22.8. The molecule has 0 amide bonds. The Balaban J connectivity index is 1.96. The Hall–Kier alpha value is -0.210. The molecule has 0 bridgehead atoms. The summed E-state index contributed by atoms with van der Waals surface area (Å²) in [6.07, 6.45) is 2.53. The van der Waals surface area contributed by atoms with Crippen LogP contribution in [0.4, 0.5) is 0 Å². The molecule has 1 N–H and O–H groups in total. The van der Waals surface area contributed by atoms with Gasteiger partial charge in [0.2, 0.25) is 10.0 Å². The molecule has 2 saturated heterocycles. The number of sulfonamides is 1. The fraction of sp³-hybridized carbons (Fsp3) is 1.00. The Kier molecular flexibility index (Phi) is 6.88. The second kappa shape index (κ2) is 8.43. The molecule has 2 fully saturated rings. The standard InChI is InChI=1S/C14H29N3O3S/c1-2-13-21(18,19)17(14-3-5-15-6-4-14)8-7-16-9-11-20-12-10-16/h14-15H,2-13H2,1H3. The van der Waals surface area contributed by atoms with E-state index in [1.54, 1.807) is 4.31 Å². The first-order valence-corrected chi connectivity index (χ1v) is 9.74. The van der Waals surface area contributed by atoms with Gasteiger partial charge in [-0.2, -0.15) is 4.31 Å². The van der Waals surface area contributed by atoms with Crippen LogP contribution in [-0.4, -0.2) is 81.9 Å². The van der Waals surface area contributed by atoms with Gasteiger partial charge in [0.25, 0.3) is 0 Å². The van der Waals surface area contributed by atoms with Gasteiger partial charge in [-0.1, -0.05) is 6.92 Å². The van der Waals surface area contributed by atoms with E-state index in [0.717, 1.165) is 58.8 Å². The number of nitrogens with one attached hydrogen (secondary N) is 1. The maximum Gasteiger partial charge on any atom is 0.214 e. The Morgan fingerprint density at radius 1 is 1.24 bits per heavy atom. The summed E-state index contributed by atoms with van der Waals surface area (Å²) in [4.78, 5) is 2.30. The van der Waals surface area contributed by atoms with Gasteiger partial charge in [0, 0.05) is 32.2 Å². The predicted octanol–water partition coefficient (Wildman–Crippen LogP) is 0.112. The minimum atomic E-state index is -3.13. The van der Waals surface area contributed by atoms with Crippen LogP contribution in [0.5, 0.6) is 0 Å². The molecule has 0 spiro atoms. The lowest BCUT2D eigenvalue weighted by atomic mass is 10.1. The number of hydrogen-bond donors (Lipinski definition) is 1. The van der Waals surface area contributed by atoms with Crippen molar-refractivity contribution in [3.8, 4) is 0 Å². The zero-order chi connectivity index (χ0) is 15.1. The molecule has 7 heteroatoms. The number of morpholine rings is 1. The van der Waals surface area contributed by atoms with Crippen LogP contribution in [-0.2, 0) is 14.8 Å². The summed E-state index contributed by atoms with van der Waals surface area (Å²) in [5, 5.41) is 3.31. The summed E-state index contributed by atoms with van der Waals surface area (Å²) in [5.74, 6) is 0.264. The Bertz CT molecular complexity index is 390. The fourth-order valence-electron chi connectivity index (χ4n) is 3.08. The van der Waals surface area contributed by atoms with Crippen LogP contribution in [0.25, 0.3) is 0 Å². The van der Waals surface area contributed by atoms with E-state index in [4.69, 9.17) is 4.74 Å². The van der Waals surface area contributed by atoms with Crippen molar-refractivity contribution in [2.45, 2.75) is 32.2 Å². The molecular weight excluding hydrogens is 290 g/mol. The Morgan fingerprint density at radius 3 is 2.52 bits per heavy atom. The van der Waals surface area contributed by atoms with Crippen molar-refractivity contribution in [2.75, 3.05) is 58.2 Å². The maximum absolute atomic E-state index is 12.6. The average molecular weight is 319 g/mol. The molecule has 21 heavy (non-hydrogen) atoms. The van der Waals surface area contributed by atoms with Crippen molar-refractivity contribution in [3.63, 3.8) is 0 Å². The Labute approximate surface area is 128 Å². The molecule has 0 aliphatic carbocycles. The second-order valence-corrected chi connectivity index (χ2v) is 7.90. The number of hydrogen-bond acceptors (Lipinski definition) is 5. The van der Waals surface area contributed by atoms with Gasteiger partial charge in [-0.25, -0.2) is 8.42 Å². The zero-order valence-electron chi connectivity index (χ0n) is 13.1. The lowest BCUT2D eigenvalue weighted by Gasteiger charge is -2.36. The summed E-state index contributed by atoms with van der Waals surface area (Å²) >= 11 is 0. The van der Waals surface area contributed by atoms with E-state index in [1.165, 1.54) is 0 Å². The monoisotopic (exact) mass is 319 g/mol. The highest BCUT2D eigenvalue weighted by molar-refractivity contribution is 7.89. The molecule has 2 aliphatic heterocycles. The largest absolute Gasteiger partial charge is 0.379 e. The number of rotatable bonds is 7. The van der Waals surface area contributed by atoms with E-state index in [2.05, 4.69) is 10.2 Å². The minimum absolute atomic E-state index is 0.170. The number of nitrogens with zero attached hydrogens (tertiary/aromatic N) is 2. The number of ether oxygens (including phenoxy) is 1. The van der Waals surface area contributed by atoms with E-state index < -0.39 is 10.0 Å². The third kappa shape index (κ3) is 5.17. The molecule has 6 nitrogen and oxygen atoms in total. The van der Waals surface area contributed by atoms with E-state index in [0.29, 0.717) is 13.0 Å². The molecular formula is C14H29N3O3S. The highest BCUT2D eigenvalue weighted by Crippen LogP contribution is 2.17. The van der Waals surface area contributed by atoms with Crippen LogP contribution in [0, 0.1) is 0 Å². The molecule has 0 aromatic heterocycles. The van der Waals surface area contributed by atoms with Crippen LogP contribution in [0.1, 0.15) is 26.2 Å². The quantitative estimate of drug-likeness (QED) is 0.722. The summed E-state index contributed by atoms with van der Waals surface area (Å²) in [6.45, 7) is 8.54. The van der Waals surface area contributed by atoms with E-state index >= 15 is 0 Å². The van der Waals surface area contributed by atoms with Crippen LogP contribution in [0.2, 0.25) is 0 Å². The molecule has 0 aromatic rings. The van der Waals surface area contributed by atoms with Gasteiger partial charge in [-0.05, 0) is 32.4 Å². The molecule has 0 saturated carbocycles. The van der Waals surface area contributed by atoms with Crippen LogP contribution >= 0.6 is 0 Å². The van der Waals surface area contributed by atoms with Crippen molar-refractivity contribution in [1.29, 1.82) is 0 Å². The average Bonchev–Trinajstić information content (AvgIpc) is 2.49. The SMILES string of the molecule is CCCS(=O)(=O)N(CCN1CCOCC1)C1CCNCC1. The summed E-state index contributed by atoms with van der Waals surface area (Å²) < 4.78 is 32.3. The van der Waals surface area contributed by atoms with Crippen LogP contribution < -0.4 is 5.32 Å². The lowest BCUT2D eigenvalue weighted by Crippen LogP contribution is -2.50. The summed E-state index contributed by atoms with van der Waals surface area (Å²) in [5.41, 5.74) is 0. The second-order valence-electron chi connectivity index (χ2n) is 5.86. The summed E-state index contributed by atoms with van der Waals surface area (Å²) in [6, 6.07) is 0.170. The third-order valence-electron chi connectivity index (χ3n) is 4.28. The maximum atomic E-state index is 12.6. The van der Waals surface area contributed by atoms with Gasteiger partial charge in [-0.3, -0.25) is 4.90 Å². The third-order valence-corrected chi connectivity index (χ3v) is 6.40. The molecule has 0 radical (unpaired) electrons. The van der Waals surface area contributed by atoms with Gasteiger partial charge in [0.15, 0.2) is 0 Å². The smallest absolute Gasteiger partial charge is 0.214 e. The van der Waals surface area contributed by atoms with Crippen molar-refractivity contribution >= 4 is 10.0 Å². The van der Waals surface area contributed by atoms with Crippen molar-refractivity contribution in [1.82, 2.24) is 14.5 Å². The molecule has 2 rings (SSSR count). The molecule has 0 aromatic carbocycles. The Morgan fingerprint density at radius 2 is 1.90 bits per heavy atom. The van der Waals surface area contributed by atoms with Crippen LogP contribution in [0.3, 0.4) is 0 Å². The van der Waals surface area contributed by atoms with Crippen molar-refractivity contribution < 1.29 is 13.2 Å². The topological polar surface area (TPSA) is 61.9 Å². The minimum Gasteiger partial charge on any atom is -0.379 e. The van der Waals surface area contributed by atoms with Gasteiger partial charge >= 0.3 is 0 Å². The first-order chi connectivity index (χ1) is 10.1. The first-order valence-electron chi connectivity index (χ1n) is 8.14. The zero-order valence-corrected chi connectivity index (χ0v) is 13.9. The van der Waals surface area contributed by atoms with Gasteiger partial charge in [-0.15, -0.1) is 0 Å². The predicted molar refractivity (Wildman–Crippen MR) is 83.9 cm³/mol. The van der Waals surface area contributed by atoms with Crippen LogP contribution in [0.15, 0.2) is 0 Å². The van der Waals surface area contributed by atoms with E-state index in [1.807, 2.05) is 6.92 Å². The number of piperidine rings is 1. The fourth-order valence-corrected chi connectivity index (χ4v) is 4.86. The van der Waals surface area contributed by atoms with Gasteiger partial charge in [0.1, 0.15) is 0 Å². The molecule has 124 valence electrons. The highest BCUT2D eigenvalue weighted by atomic mass is 32.2.